The van der Waals surface area contributed by atoms with Crippen LogP contribution in [0.15, 0.2) is 26.1 Å². The van der Waals surface area contributed by atoms with Crippen LogP contribution in [-0.2, 0) is 0 Å². The molecular weight excluding hydrogens is 382 g/mol. The van der Waals surface area contributed by atoms with Gasteiger partial charge in [0.15, 0.2) is 0 Å². The highest BCUT2D eigenvalue weighted by Gasteiger charge is 2.11. The van der Waals surface area contributed by atoms with Gasteiger partial charge in [-0.05, 0) is 50.1 Å². The zero-order chi connectivity index (χ0) is 10.7. The molecule has 3 nitrogen and oxygen atoms in total. The number of nitrogens with zero attached hydrogens (tertiary/aromatic N) is 1. The predicted octanol–water partition coefficient (Wildman–Crippen LogP) is 4.45. The van der Waals surface area contributed by atoms with Crippen molar-refractivity contribution in [1.82, 2.24) is 0 Å². The Morgan fingerprint density at radius 1 is 1.43 bits per heavy atom. The molecule has 0 fully saturated rings. The highest BCUT2D eigenvalue weighted by molar-refractivity contribution is 9.28. The second-order valence-corrected chi connectivity index (χ2v) is 6.08. The number of hydrogen-bond acceptors (Lipinski definition) is 2. The van der Waals surface area contributed by atoms with E-state index in [1.807, 2.05) is 0 Å². The van der Waals surface area contributed by atoms with E-state index in [1.54, 1.807) is 18.2 Å². The molecule has 0 radical (unpaired) electrons. The fraction of sp³-hybridized carbons (Fsp3) is 0. The van der Waals surface area contributed by atoms with Gasteiger partial charge in [0.25, 0.3) is 5.69 Å². The molecule has 0 saturated carbocycles. The summed E-state index contributed by atoms with van der Waals surface area (Å²) in [5.41, 5.74) is 0.609. The Morgan fingerprint density at radius 2 is 2.07 bits per heavy atom. The monoisotopic (exact) mass is 383 g/mol. The normalized spacial score (nSPS) is 9.64. The Morgan fingerprint density at radius 3 is 2.57 bits per heavy atom. The van der Waals surface area contributed by atoms with Crippen molar-refractivity contribution in [3.05, 3.63) is 41.7 Å². The summed E-state index contributed by atoms with van der Waals surface area (Å²) in [6, 6.07) is 4.77. The van der Waals surface area contributed by atoms with Crippen molar-refractivity contribution in [2.24, 2.45) is 0 Å². The highest BCUT2D eigenvalue weighted by atomic mass is 79.9. The molecule has 0 bridgehead atoms. The summed E-state index contributed by atoms with van der Waals surface area (Å²) in [7, 11) is 0. The molecule has 0 N–H and O–H groups in total. The zero-order valence-electron chi connectivity index (χ0n) is 6.71. The quantitative estimate of drug-likeness (QED) is 0.557. The van der Waals surface area contributed by atoms with Crippen LogP contribution in [0.5, 0.6) is 0 Å². The van der Waals surface area contributed by atoms with E-state index in [0.29, 0.717) is 8.96 Å². The van der Waals surface area contributed by atoms with Crippen molar-refractivity contribution >= 4 is 59.6 Å². The van der Waals surface area contributed by atoms with Crippen molar-refractivity contribution < 1.29 is 4.92 Å². The molecule has 0 aliphatic heterocycles. The van der Waals surface area contributed by atoms with Crippen LogP contribution >= 0.6 is 47.8 Å². The molecule has 1 aromatic rings. The molecule has 0 aliphatic carbocycles. The smallest absolute Gasteiger partial charge is 0.258 e. The fourth-order valence-corrected chi connectivity index (χ4v) is 1.80. The van der Waals surface area contributed by atoms with Crippen LogP contribution in [0.3, 0.4) is 0 Å². The first-order valence-corrected chi connectivity index (χ1v) is 5.85. The van der Waals surface area contributed by atoms with E-state index in [-0.39, 0.29) is 5.69 Å². The van der Waals surface area contributed by atoms with Gasteiger partial charge in [-0.25, -0.2) is 0 Å². The van der Waals surface area contributed by atoms with Gasteiger partial charge in [0.1, 0.15) is 0 Å². The molecule has 0 saturated heterocycles. The summed E-state index contributed by atoms with van der Waals surface area (Å²) in [4.78, 5) is 10.2. The summed E-state index contributed by atoms with van der Waals surface area (Å²) < 4.78 is 1.46. The lowest BCUT2D eigenvalue weighted by atomic mass is 10.2. The lowest BCUT2D eigenvalue weighted by molar-refractivity contribution is -0.385. The van der Waals surface area contributed by atoms with Crippen LogP contribution in [-0.4, -0.2) is 4.92 Å². The third-order valence-electron chi connectivity index (χ3n) is 1.45. The Hall–Kier alpha value is -0.200. The molecule has 0 heterocycles. The third kappa shape index (κ3) is 3.18. The molecule has 74 valence electrons. The van der Waals surface area contributed by atoms with Crippen LogP contribution in [0.4, 0.5) is 5.69 Å². The highest BCUT2D eigenvalue weighted by Crippen LogP contribution is 2.27. The van der Waals surface area contributed by atoms with Gasteiger partial charge >= 0.3 is 0 Å². The number of nitro benzene ring substituents is 1. The molecule has 0 aliphatic rings. The molecule has 14 heavy (non-hydrogen) atoms. The second-order valence-electron chi connectivity index (χ2n) is 2.39. The van der Waals surface area contributed by atoms with E-state index in [2.05, 4.69) is 47.8 Å². The molecule has 0 aromatic heterocycles. The fourth-order valence-electron chi connectivity index (χ4n) is 0.925. The summed E-state index contributed by atoms with van der Waals surface area (Å²) in [6.07, 6.45) is 1.63. The minimum absolute atomic E-state index is 0.0737. The number of rotatable bonds is 2. The van der Waals surface area contributed by atoms with E-state index in [4.69, 9.17) is 0 Å². The van der Waals surface area contributed by atoms with Gasteiger partial charge in [0, 0.05) is 10.5 Å². The number of halogens is 3. The first-order valence-electron chi connectivity index (χ1n) is 3.47. The minimum atomic E-state index is -0.415. The third-order valence-corrected chi connectivity index (χ3v) is 2.40. The Balaban J connectivity index is 3.30. The van der Waals surface area contributed by atoms with E-state index >= 15 is 0 Å². The average Bonchev–Trinajstić information content (AvgIpc) is 2.01. The van der Waals surface area contributed by atoms with Crippen molar-refractivity contribution in [3.8, 4) is 0 Å². The average molecular weight is 386 g/mol. The van der Waals surface area contributed by atoms with E-state index in [0.717, 1.165) is 4.47 Å². The lowest BCUT2D eigenvalue weighted by Crippen LogP contribution is -1.91. The molecule has 0 unspecified atom stereocenters. The van der Waals surface area contributed by atoms with E-state index < -0.39 is 4.92 Å². The molecule has 6 heteroatoms. The Kier molecular flexibility index (Phi) is 4.28. The standard InChI is InChI=1S/C8H4Br3NO2/c9-6-1-2-7(12(13)14)5(3-6)4-8(10)11/h1-4H. The summed E-state index contributed by atoms with van der Waals surface area (Å²) >= 11 is 9.57. The first-order chi connectivity index (χ1) is 6.50. The number of hydrogen-bond donors (Lipinski definition) is 0. The lowest BCUT2D eigenvalue weighted by Gasteiger charge is -1.98. The molecule has 0 amide bonds. The van der Waals surface area contributed by atoms with Gasteiger partial charge in [-0.1, -0.05) is 15.9 Å². The maximum absolute atomic E-state index is 10.6. The van der Waals surface area contributed by atoms with E-state index in [9.17, 15) is 10.1 Å². The predicted molar refractivity (Wildman–Crippen MR) is 66.6 cm³/mol. The largest absolute Gasteiger partial charge is 0.276 e. The Bertz CT molecular complexity index is 400. The van der Waals surface area contributed by atoms with Crippen molar-refractivity contribution in [3.63, 3.8) is 0 Å². The Labute approximate surface area is 106 Å². The van der Waals surface area contributed by atoms with Gasteiger partial charge in [0.05, 0.1) is 13.9 Å². The van der Waals surface area contributed by atoms with Gasteiger partial charge < -0.3 is 0 Å². The van der Waals surface area contributed by atoms with Crippen molar-refractivity contribution in [2.45, 2.75) is 0 Å². The van der Waals surface area contributed by atoms with Crippen LogP contribution in [0.1, 0.15) is 5.56 Å². The van der Waals surface area contributed by atoms with Crippen LogP contribution < -0.4 is 0 Å². The van der Waals surface area contributed by atoms with Crippen molar-refractivity contribution in [1.29, 1.82) is 0 Å². The van der Waals surface area contributed by atoms with Gasteiger partial charge in [-0.2, -0.15) is 0 Å². The SMILES string of the molecule is O=[N+]([O-])c1ccc(Br)cc1C=C(Br)Br. The molecule has 1 aromatic carbocycles. The molecule has 0 spiro atoms. The van der Waals surface area contributed by atoms with E-state index in [1.165, 1.54) is 6.07 Å². The maximum Gasteiger partial charge on any atom is 0.276 e. The summed E-state index contributed by atoms with van der Waals surface area (Å²) in [5.74, 6) is 0. The summed E-state index contributed by atoms with van der Waals surface area (Å²) in [5, 5.41) is 10.6. The molecule has 1 rings (SSSR count). The maximum atomic E-state index is 10.6. The van der Waals surface area contributed by atoms with Gasteiger partial charge in [0.2, 0.25) is 0 Å². The second kappa shape index (κ2) is 5.04. The van der Waals surface area contributed by atoms with Crippen LogP contribution in [0.2, 0.25) is 0 Å². The summed E-state index contributed by atoms with van der Waals surface area (Å²) in [6.45, 7) is 0. The minimum Gasteiger partial charge on any atom is -0.258 e. The van der Waals surface area contributed by atoms with Crippen molar-refractivity contribution in [2.75, 3.05) is 0 Å². The molecule has 0 atom stereocenters. The van der Waals surface area contributed by atoms with Crippen LogP contribution in [0, 0.1) is 10.1 Å². The number of nitro groups is 1. The van der Waals surface area contributed by atoms with Gasteiger partial charge in [-0.3, -0.25) is 10.1 Å². The van der Waals surface area contributed by atoms with Gasteiger partial charge in [-0.15, -0.1) is 0 Å². The topological polar surface area (TPSA) is 43.1 Å². The molecular formula is C8H4Br3NO2. The number of benzene rings is 1. The van der Waals surface area contributed by atoms with Crippen LogP contribution in [0.25, 0.3) is 6.08 Å². The first kappa shape index (κ1) is 11.9. The zero-order valence-corrected chi connectivity index (χ0v) is 11.5.